The Balaban J connectivity index is 2.39. The van der Waals surface area contributed by atoms with E-state index in [1.165, 1.54) is 18.2 Å². The number of anilines is 1. The molecule has 0 atom stereocenters. The Morgan fingerprint density at radius 2 is 2.05 bits per heavy atom. The molecule has 5 nitrogen and oxygen atoms in total. The number of hydrogen-bond acceptors (Lipinski definition) is 4. The molecule has 0 amide bonds. The highest BCUT2D eigenvalue weighted by molar-refractivity contribution is 5.89. The van der Waals surface area contributed by atoms with Crippen molar-refractivity contribution in [2.75, 3.05) is 5.73 Å². The van der Waals surface area contributed by atoms with Gasteiger partial charge in [-0.1, -0.05) is 6.92 Å². The molecule has 104 valence electrons. The third kappa shape index (κ3) is 2.88. The second-order valence-corrected chi connectivity index (χ2v) is 4.41. The van der Waals surface area contributed by atoms with Crippen LogP contribution in [0.15, 0.2) is 30.3 Å². The summed E-state index contributed by atoms with van der Waals surface area (Å²) in [4.78, 5) is 15.4. The van der Waals surface area contributed by atoms with E-state index in [9.17, 15) is 4.79 Å². The maximum Gasteiger partial charge on any atom is 0.335 e. The van der Waals surface area contributed by atoms with Crippen LogP contribution in [0.1, 0.15) is 28.7 Å². The molecule has 0 aliphatic carbocycles. The quantitative estimate of drug-likeness (QED) is 0.835. The van der Waals surface area contributed by atoms with Crippen LogP contribution < -0.4 is 10.5 Å². The normalized spacial score (nSPS) is 10.3. The van der Waals surface area contributed by atoms with Gasteiger partial charge >= 0.3 is 5.97 Å². The van der Waals surface area contributed by atoms with Crippen LogP contribution in [-0.4, -0.2) is 16.1 Å². The summed E-state index contributed by atoms with van der Waals surface area (Å²) in [5.41, 5.74) is 8.05. The SMILES string of the molecule is CCc1nc(C)ccc1Oc1cc(C(=O)O)ccc1N. The van der Waals surface area contributed by atoms with Crippen LogP contribution in [0.5, 0.6) is 11.5 Å². The van der Waals surface area contributed by atoms with Crippen molar-refractivity contribution in [2.24, 2.45) is 0 Å². The minimum Gasteiger partial charge on any atom is -0.478 e. The Labute approximate surface area is 117 Å². The monoisotopic (exact) mass is 272 g/mol. The number of benzene rings is 1. The van der Waals surface area contributed by atoms with Crippen molar-refractivity contribution in [1.82, 2.24) is 4.98 Å². The molecule has 2 rings (SSSR count). The number of hydrogen-bond donors (Lipinski definition) is 2. The summed E-state index contributed by atoms with van der Waals surface area (Å²) in [7, 11) is 0. The fraction of sp³-hybridized carbons (Fsp3) is 0.200. The average Bonchev–Trinajstić information content (AvgIpc) is 2.42. The van der Waals surface area contributed by atoms with Gasteiger partial charge in [-0.2, -0.15) is 0 Å². The summed E-state index contributed by atoms with van der Waals surface area (Å²) in [5.74, 6) is -0.106. The van der Waals surface area contributed by atoms with Crippen LogP contribution in [0, 0.1) is 6.92 Å². The van der Waals surface area contributed by atoms with Crippen molar-refractivity contribution in [2.45, 2.75) is 20.3 Å². The first kappa shape index (κ1) is 13.9. The molecule has 5 heteroatoms. The zero-order valence-corrected chi connectivity index (χ0v) is 11.4. The highest BCUT2D eigenvalue weighted by atomic mass is 16.5. The summed E-state index contributed by atoms with van der Waals surface area (Å²) in [5, 5.41) is 8.99. The van der Waals surface area contributed by atoms with E-state index in [4.69, 9.17) is 15.6 Å². The molecule has 1 aromatic carbocycles. The molecular weight excluding hydrogens is 256 g/mol. The third-order valence-corrected chi connectivity index (χ3v) is 2.89. The van der Waals surface area contributed by atoms with Crippen molar-refractivity contribution in [3.8, 4) is 11.5 Å². The minimum absolute atomic E-state index is 0.132. The molecule has 3 N–H and O–H groups in total. The van der Waals surface area contributed by atoms with Gasteiger partial charge in [-0.3, -0.25) is 4.98 Å². The van der Waals surface area contributed by atoms with Crippen molar-refractivity contribution in [3.05, 3.63) is 47.3 Å². The Morgan fingerprint density at radius 1 is 1.30 bits per heavy atom. The predicted molar refractivity (Wildman–Crippen MR) is 76.2 cm³/mol. The number of carboxylic acids is 1. The summed E-state index contributed by atoms with van der Waals surface area (Å²) < 4.78 is 5.73. The van der Waals surface area contributed by atoms with Gasteiger partial charge in [0.2, 0.25) is 0 Å². The number of aromatic carboxylic acids is 1. The van der Waals surface area contributed by atoms with E-state index >= 15 is 0 Å². The Morgan fingerprint density at radius 3 is 2.70 bits per heavy atom. The zero-order valence-electron chi connectivity index (χ0n) is 11.4. The number of pyridine rings is 1. The molecule has 0 fully saturated rings. The lowest BCUT2D eigenvalue weighted by Gasteiger charge is -2.12. The maximum absolute atomic E-state index is 11.0. The van der Waals surface area contributed by atoms with Gasteiger partial charge in [0.25, 0.3) is 0 Å². The lowest BCUT2D eigenvalue weighted by Crippen LogP contribution is -2.01. The molecule has 0 aliphatic rings. The number of nitrogens with zero attached hydrogens (tertiary/aromatic N) is 1. The smallest absolute Gasteiger partial charge is 0.335 e. The largest absolute Gasteiger partial charge is 0.478 e. The first-order valence-corrected chi connectivity index (χ1v) is 6.28. The first-order chi connectivity index (χ1) is 9.51. The molecule has 0 saturated carbocycles. The van der Waals surface area contributed by atoms with Crippen molar-refractivity contribution in [1.29, 1.82) is 0 Å². The third-order valence-electron chi connectivity index (χ3n) is 2.89. The number of carboxylic acid groups (broad SMARTS) is 1. The van der Waals surface area contributed by atoms with Gasteiger partial charge in [0.15, 0.2) is 5.75 Å². The highest BCUT2D eigenvalue weighted by Crippen LogP contribution is 2.30. The molecule has 1 aromatic heterocycles. The van der Waals surface area contributed by atoms with Gasteiger partial charge in [0, 0.05) is 5.69 Å². The number of aromatic nitrogens is 1. The topological polar surface area (TPSA) is 85.4 Å². The molecule has 0 unspecified atom stereocenters. The average molecular weight is 272 g/mol. The molecule has 0 bridgehead atoms. The Hall–Kier alpha value is -2.56. The summed E-state index contributed by atoms with van der Waals surface area (Å²) in [6, 6.07) is 8.03. The van der Waals surface area contributed by atoms with Crippen LogP contribution in [0.3, 0.4) is 0 Å². The number of aryl methyl sites for hydroxylation is 2. The van der Waals surface area contributed by atoms with Gasteiger partial charge in [0.1, 0.15) is 5.75 Å². The number of ether oxygens (including phenoxy) is 1. The second-order valence-electron chi connectivity index (χ2n) is 4.41. The second kappa shape index (κ2) is 5.61. The van der Waals surface area contributed by atoms with E-state index in [1.54, 1.807) is 0 Å². The maximum atomic E-state index is 11.0. The first-order valence-electron chi connectivity index (χ1n) is 6.28. The Bertz CT molecular complexity index is 654. The van der Waals surface area contributed by atoms with E-state index in [2.05, 4.69) is 4.98 Å². The number of rotatable bonds is 4. The van der Waals surface area contributed by atoms with Gasteiger partial charge in [-0.15, -0.1) is 0 Å². The molecule has 0 aliphatic heterocycles. The van der Waals surface area contributed by atoms with E-state index < -0.39 is 5.97 Å². The number of nitrogen functional groups attached to an aromatic ring is 1. The fourth-order valence-corrected chi connectivity index (χ4v) is 1.82. The van der Waals surface area contributed by atoms with Gasteiger partial charge in [-0.25, -0.2) is 4.79 Å². The van der Waals surface area contributed by atoms with Crippen LogP contribution in [0.2, 0.25) is 0 Å². The summed E-state index contributed by atoms with van der Waals surface area (Å²) in [6.45, 7) is 3.88. The van der Waals surface area contributed by atoms with E-state index in [0.717, 1.165) is 17.8 Å². The van der Waals surface area contributed by atoms with E-state index in [-0.39, 0.29) is 5.56 Å². The molecule has 0 spiro atoms. The molecular formula is C15H16N2O3. The molecule has 0 saturated heterocycles. The van der Waals surface area contributed by atoms with Gasteiger partial charge < -0.3 is 15.6 Å². The van der Waals surface area contributed by atoms with Gasteiger partial charge in [0.05, 0.1) is 16.9 Å². The number of nitrogens with two attached hydrogens (primary N) is 1. The van der Waals surface area contributed by atoms with Crippen LogP contribution in [-0.2, 0) is 6.42 Å². The van der Waals surface area contributed by atoms with Crippen LogP contribution >= 0.6 is 0 Å². The fourth-order valence-electron chi connectivity index (χ4n) is 1.82. The van der Waals surface area contributed by atoms with Crippen molar-refractivity contribution >= 4 is 11.7 Å². The van der Waals surface area contributed by atoms with Crippen molar-refractivity contribution < 1.29 is 14.6 Å². The summed E-state index contributed by atoms with van der Waals surface area (Å²) >= 11 is 0. The minimum atomic E-state index is -1.02. The molecule has 0 radical (unpaired) electrons. The zero-order chi connectivity index (χ0) is 14.7. The number of carbonyl (C=O) groups is 1. The van der Waals surface area contributed by atoms with Crippen molar-refractivity contribution in [3.63, 3.8) is 0 Å². The summed E-state index contributed by atoms with van der Waals surface area (Å²) in [6.07, 6.45) is 0.718. The lowest BCUT2D eigenvalue weighted by molar-refractivity contribution is 0.0696. The standard InChI is InChI=1S/C15H16N2O3/c1-3-12-13(7-4-9(2)17-12)20-14-8-10(15(18)19)5-6-11(14)16/h4-8H,3,16H2,1-2H3,(H,18,19). The van der Waals surface area contributed by atoms with E-state index in [1.807, 2.05) is 26.0 Å². The highest BCUT2D eigenvalue weighted by Gasteiger charge is 2.11. The Kier molecular flexibility index (Phi) is 3.89. The van der Waals surface area contributed by atoms with Crippen LogP contribution in [0.4, 0.5) is 5.69 Å². The predicted octanol–water partition coefficient (Wildman–Crippen LogP) is 3.03. The molecule has 20 heavy (non-hydrogen) atoms. The van der Waals surface area contributed by atoms with Gasteiger partial charge in [-0.05, 0) is 43.7 Å². The molecule has 1 heterocycles. The lowest BCUT2D eigenvalue weighted by atomic mass is 10.2. The molecule has 2 aromatic rings. The van der Waals surface area contributed by atoms with Crippen LogP contribution in [0.25, 0.3) is 0 Å². The van der Waals surface area contributed by atoms with E-state index in [0.29, 0.717) is 17.2 Å².